The van der Waals surface area contributed by atoms with Crippen molar-refractivity contribution in [3.63, 3.8) is 0 Å². The van der Waals surface area contributed by atoms with E-state index in [1.54, 1.807) is 37.7 Å². The average molecular weight is 502 g/mol. The number of ether oxygens (including phenoxy) is 2. The maximum absolute atomic E-state index is 12.9. The van der Waals surface area contributed by atoms with Crippen LogP contribution in [-0.2, 0) is 0 Å². The number of nitrogens with zero attached hydrogens (tertiary/aromatic N) is 4. The van der Waals surface area contributed by atoms with E-state index in [1.165, 1.54) is 29.7 Å². The zero-order chi connectivity index (χ0) is 24.7. The highest BCUT2D eigenvalue weighted by molar-refractivity contribution is 7.18. The van der Waals surface area contributed by atoms with Crippen LogP contribution in [0.1, 0.15) is 34.8 Å². The van der Waals surface area contributed by atoms with Gasteiger partial charge in [-0.05, 0) is 61.8 Å². The number of hydrogen-bond acceptors (Lipinski definition) is 8. The fraction of sp³-hybridized carbons (Fsp3) is 0.259. The molecule has 1 N–H and O–H groups in total. The third-order valence-corrected chi connectivity index (χ3v) is 7.05. The number of nitrogens with one attached hydrogen (secondary N) is 1. The number of rotatable bonds is 9. The Labute approximate surface area is 213 Å². The number of amides is 1. The second kappa shape index (κ2) is 11.3. The minimum absolute atomic E-state index is 0.161. The lowest BCUT2D eigenvalue weighted by Gasteiger charge is -2.28. The Kier molecular flexibility index (Phi) is 7.49. The molecule has 1 aliphatic heterocycles. The summed E-state index contributed by atoms with van der Waals surface area (Å²) in [5, 5.41) is 12.2. The molecule has 8 nitrogen and oxygen atoms in total. The highest BCUT2D eigenvalue weighted by Crippen LogP contribution is 2.32. The second-order valence-corrected chi connectivity index (χ2v) is 9.43. The maximum Gasteiger partial charge on any atom is 0.257 e. The molecule has 9 heteroatoms. The predicted octanol–water partition coefficient (Wildman–Crippen LogP) is 5.08. The third-order valence-electron chi connectivity index (χ3n) is 6.16. The van der Waals surface area contributed by atoms with Crippen molar-refractivity contribution in [1.29, 1.82) is 0 Å². The lowest BCUT2D eigenvalue weighted by atomic mass is 10.1. The van der Waals surface area contributed by atoms with Gasteiger partial charge in [-0.15, -0.1) is 10.2 Å². The molecule has 1 aliphatic rings. The minimum atomic E-state index is -0.295. The van der Waals surface area contributed by atoms with Crippen molar-refractivity contribution in [2.45, 2.75) is 18.9 Å². The molecule has 1 saturated heterocycles. The number of pyridine rings is 1. The first kappa shape index (κ1) is 23.9. The molecular weight excluding hydrogens is 474 g/mol. The van der Waals surface area contributed by atoms with Gasteiger partial charge in [-0.1, -0.05) is 41.7 Å². The van der Waals surface area contributed by atoms with Crippen LogP contribution in [0.15, 0.2) is 73.1 Å². The molecule has 0 radical (unpaired) electrons. The fourth-order valence-electron chi connectivity index (χ4n) is 4.29. The van der Waals surface area contributed by atoms with Gasteiger partial charge in [0.1, 0.15) is 11.6 Å². The predicted molar refractivity (Wildman–Crippen MR) is 140 cm³/mol. The van der Waals surface area contributed by atoms with Gasteiger partial charge in [-0.3, -0.25) is 20.0 Å². The van der Waals surface area contributed by atoms with E-state index in [4.69, 9.17) is 9.47 Å². The number of hydrogen-bond donors (Lipinski definition) is 1. The van der Waals surface area contributed by atoms with Crippen LogP contribution in [0, 0.1) is 0 Å². The fourth-order valence-corrected chi connectivity index (χ4v) is 5.04. The van der Waals surface area contributed by atoms with Crippen LogP contribution < -0.4 is 14.8 Å². The molecule has 0 bridgehead atoms. The smallest absolute Gasteiger partial charge is 0.257 e. The number of carbonyl (C=O) groups excluding carboxylic acids is 1. The Morgan fingerprint density at radius 1 is 1.03 bits per heavy atom. The van der Waals surface area contributed by atoms with Crippen molar-refractivity contribution in [2.75, 3.05) is 32.1 Å². The third kappa shape index (κ3) is 5.53. The molecule has 0 spiro atoms. The number of likely N-dealkylation sites (tertiary alicyclic amines) is 1. The zero-order valence-electron chi connectivity index (χ0n) is 20.0. The molecule has 1 unspecified atom stereocenters. The summed E-state index contributed by atoms with van der Waals surface area (Å²) in [5.74, 6) is 0.812. The minimum Gasteiger partial charge on any atom is -0.493 e. The molecule has 0 saturated carbocycles. The van der Waals surface area contributed by atoms with Crippen molar-refractivity contribution in [3.05, 3.63) is 84.2 Å². The number of aromatic nitrogens is 3. The molecule has 0 aliphatic carbocycles. The van der Waals surface area contributed by atoms with Crippen molar-refractivity contribution in [2.24, 2.45) is 0 Å². The highest BCUT2D eigenvalue weighted by Gasteiger charge is 2.24. The lowest BCUT2D eigenvalue weighted by Crippen LogP contribution is -2.30. The first-order valence-electron chi connectivity index (χ1n) is 11.9. The van der Waals surface area contributed by atoms with E-state index < -0.39 is 0 Å². The quantitative estimate of drug-likeness (QED) is 0.342. The lowest BCUT2D eigenvalue weighted by molar-refractivity contribution is 0.102. The Bertz CT molecular complexity index is 1290. The number of benzene rings is 2. The molecular formula is C27H27N5O3S. The second-order valence-electron chi connectivity index (χ2n) is 8.45. The van der Waals surface area contributed by atoms with Gasteiger partial charge in [-0.25, -0.2) is 0 Å². The molecule has 1 atom stereocenters. The summed E-state index contributed by atoms with van der Waals surface area (Å²) in [6, 6.07) is 19.5. The van der Waals surface area contributed by atoms with Crippen molar-refractivity contribution < 1.29 is 14.3 Å². The Hall–Kier alpha value is -3.82. The summed E-state index contributed by atoms with van der Waals surface area (Å²) >= 11 is 1.30. The normalized spacial score (nSPS) is 14.4. The summed E-state index contributed by atoms with van der Waals surface area (Å²) < 4.78 is 11.8. The van der Waals surface area contributed by atoms with Crippen LogP contribution in [0.4, 0.5) is 5.13 Å². The first-order valence-corrected chi connectivity index (χ1v) is 12.7. The average Bonchev–Trinajstić information content (AvgIpc) is 3.63. The monoisotopic (exact) mass is 501 g/mol. The summed E-state index contributed by atoms with van der Waals surface area (Å²) in [6.07, 6.45) is 5.79. The van der Waals surface area contributed by atoms with Gasteiger partial charge in [-0.2, -0.15) is 0 Å². The molecule has 3 heterocycles. The number of methoxy groups -OCH3 is 1. The highest BCUT2D eigenvalue weighted by atomic mass is 32.1. The van der Waals surface area contributed by atoms with Crippen molar-refractivity contribution >= 4 is 22.4 Å². The molecule has 1 fully saturated rings. The molecule has 184 valence electrons. The van der Waals surface area contributed by atoms with Gasteiger partial charge >= 0.3 is 0 Å². The van der Waals surface area contributed by atoms with Gasteiger partial charge < -0.3 is 9.47 Å². The molecule has 36 heavy (non-hydrogen) atoms. The van der Waals surface area contributed by atoms with Gasteiger partial charge in [0.2, 0.25) is 5.13 Å². The van der Waals surface area contributed by atoms with Gasteiger partial charge in [0, 0.05) is 23.5 Å². The van der Waals surface area contributed by atoms with Crippen molar-refractivity contribution in [1.82, 2.24) is 20.1 Å². The standard InChI is InChI=1S/C27H27N5O3S/c1-34-24-17-21(25(33)29-27-31-30-26(36-27)20-11-13-28-14-12-20)9-10-23(24)35-18-22(32-15-5-6-16-32)19-7-3-2-4-8-19/h2-4,7-14,17,22H,5-6,15-16,18H2,1H3,(H,29,31,33). The van der Waals surface area contributed by atoms with Crippen molar-refractivity contribution in [3.8, 4) is 22.1 Å². The van der Waals surface area contributed by atoms with Crippen LogP contribution in [0.5, 0.6) is 11.5 Å². The summed E-state index contributed by atoms with van der Waals surface area (Å²) in [5.41, 5.74) is 2.57. The van der Waals surface area contributed by atoms with Gasteiger partial charge in [0.05, 0.1) is 13.2 Å². The first-order chi connectivity index (χ1) is 17.7. The zero-order valence-corrected chi connectivity index (χ0v) is 20.8. The summed E-state index contributed by atoms with van der Waals surface area (Å²) in [4.78, 5) is 19.4. The van der Waals surface area contributed by atoms with E-state index in [-0.39, 0.29) is 11.9 Å². The Morgan fingerprint density at radius 3 is 2.56 bits per heavy atom. The van der Waals surface area contributed by atoms with E-state index in [9.17, 15) is 4.79 Å². The van der Waals surface area contributed by atoms with Gasteiger partial charge in [0.15, 0.2) is 11.5 Å². The number of anilines is 1. The van der Waals surface area contributed by atoms with E-state index in [0.717, 1.165) is 18.7 Å². The Balaban J connectivity index is 1.27. The molecule has 4 aromatic rings. The van der Waals surface area contributed by atoms with Crippen LogP contribution in [-0.4, -0.2) is 52.8 Å². The van der Waals surface area contributed by atoms with Gasteiger partial charge in [0.25, 0.3) is 5.91 Å². The summed E-state index contributed by atoms with van der Waals surface area (Å²) in [6.45, 7) is 2.62. The molecule has 5 rings (SSSR count). The van der Waals surface area contributed by atoms with Crippen LogP contribution in [0.2, 0.25) is 0 Å². The van der Waals surface area contributed by atoms with Crippen LogP contribution >= 0.6 is 11.3 Å². The Morgan fingerprint density at radius 2 is 1.81 bits per heavy atom. The van der Waals surface area contributed by atoms with Crippen LogP contribution in [0.3, 0.4) is 0 Å². The largest absolute Gasteiger partial charge is 0.493 e. The van der Waals surface area contributed by atoms with E-state index in [0.29, 0.717) is 33.8 Å². The maximum atomic E-state index is 12.9. The molecule has 1 amide bonds. The van der Waals surface area contributed by atoms with E-state index in [1.807, 2.05) is 18.2 Å². The summed E-state index contributed by atoms with van der Waals surface area (Å²) in [7, 11) is 1.57. The molecule has 2 aromatic carbocycles. The molecule has 2 aromatic heterocycles. The van der Waals surface area contributed by atoms with E-state index in [2.05, 4.69) is 49.7 Å². The number of carbonyl (C=O) groups is 1. The van der Waals surface area contributed by atoms with Crippen LogP contribution in [0.25, 0.3) is 10.6 Å². The SMILES string of the molecule is COc1cc(C(=O)Nc2nnc(-c3ccncc3)s2)ccc1OCC(c1ccccc1)N1CCCC1. The van der Waals surface area contributed by atoms with E-state index >= 15 is 0 Å². The topological polar surface area (TPSA) is 89.5 Å².